The third-order valence-electron chi connectivity index (χ3n) is 2.64. The molecule has 0 aromatic heterocycles. The third-order valence-corrected chi connectivity index (χ3v) is 2.86. The minimum absolute atomic E-state index is 0.0807. The molecule has 1 aromatic carbocycles. The second-order valence-corrected chi connectivity index (χ2v) is 4.23. The molecule has 0 saturated heterocycles. The van der Waals surface area contributed by atoms with Crippen molar-refractivity contribution in [3.05, 3.63) is 28.5 Å². The van der Waals surface area contributed by atoms with Crippen LogP contribution in [-0.4, -0.2) is 12.2 Å². The van der Waals surface area contributed by atoms with Crippen LogP contribution in [0, 0.1) is 11.7 Å². The van der Waals surface area contributed by atoms with Gasteiger partial charge in [-0.2, -0.15) is 0 Å². The first-order valence-corrected chi connectivity index (χ1v) is 5.22. The van der Waals surface area contributed by atoms with Crippen LogP contribution < -0.4 is 4.74 Å². The lowest BCUT2D eigenvalue weighted by molar-refractivity contribution is 0.148. The highest BCUT2D eigenvalue weighted by Gasteiger charge is 2.33. The molecule has 0 bridgehead atoms. The molecule has 1 aromatic rings. The van der Waals surface area contributed by atoms with Crippen LogP contribution in [0.3, 0.4) is 0 Å². The molecule has 0 aliphatic heterocycles. The third kappa shape index (κ3) is 2.08. The molecule has 0 heterocycles. The lowest BCUT2D eigenvalue weighted by Crippen LogP contribution is -2.04. The Morgan fingerprint density at radius 2 is 2.20 bits per heavy atom. The molecule has 1 saturated carbocycles. The van der Waals surface area contributed by atoms with E-state index in [1.165, 1.54) is 19.2 Å². The van der Waals surface area contributed by atoms with Gasteiger partial charge in [-0.3, -0.25) is 0 Å². The number of halogens is 2. The summed E-state index contributed by atoms with van der Waals surface area (Å²) in [5.41, 5.74) is 0.238. The number of hydrogen-bond donors (Lipinski definition) is 1. The van der Waals surface area contributed by atoms with Gasteiger partial charge in [0.25, 0.3) is 0 Å². The van der Waals surface area contributed by atoms with Gasteiger partial charge < -0.3 is 9.84 Å². The molecule has 0 radical (unpaired) electrons. The van der Waals surface area contributed by atoms with Crippen LogP contribution in [0.2, 0.25) is 5.02 Å². The molecule has 1 N–H and O–H groups in total. The molecule has 2 rings (SSSR count). The Hall–Kier alpha value is -0.800. The van der Waals surface area contributed by atoms with E-state index in [1.807, 2.05) is 0 Å². The molecule has 1 atom stereocenters. The maximum Gasteiger partial charge on any atom is 0.170 e. The van der Waals surface area contributed by atoms with E-state index in [2.05, 4.69) is 0 Å². The normalized spacial score (nSPS) is 17.6. The van der Waals surface area contributed by atoms with Crippen LogP contribution >= 0.6 is 11.6 Å². The standard InChI is InChI=1S/C11H12ClFO2/c1-15-9-5-7(12)4-8(10(9)13)11(14)6-2-3-6/h4-6,11,14H,2-3H2,1H3. The van der Waals surface area contributed by atoms with Gasteiger partial charge in [-0.05, 0) is 24.8 Å². The number of hydrogen-bond acceptors (Lipinski definition) is 2. The van der Waals surface area contributed by atoms with Gasteiger partial charge >= 0.3 is 0 Å². The minimum Gasteiger partial charge on any atom is -0.494 e. The quantitative estimate of drug-likeness (QED) is 0.865. The van der Waals surface area contributed by atoms with Gasteiger partial charge in [0.1, 0.15) is 0 Å². The fourth-order valence-corrected chi connectivity index (χ4v) is 1.83. The van der Waals surface area contributed by atoms with Crippen LogP contribution in [0.1, 0.15) is 24.5 Å². The molecular weight excluding hydrogens is 219 g/mol. The highest BCUT2D eigenvalue weighted by atomic mass is 35.5. The monoisotopic (exact) mass is 230 g/mol. The summed E-state index contributed by atoms with van der Waals surface area (Å²) in [6, 6.07) is 2.86. The lowest BCUT2D eigenvalue weighted by atomic mass is 10.0. The fraction of sp³-hybridized carbons (Fsp3) is 0.455. The number of methoxy groups -OCH3 is 1. The highest BCUT2D eigenvalue weighted by Crippen LogP contribution is 2.43. The number of aliphatic hydroxyl groups excluding tert-OH is 1. The van der Waals surface area contributed by atoms with Gasteiger partial charge in [-0.15, -0.1) is 0 Å². The van der Waals surface area contributed by atoms with E-state index in [0.29, 0.717) is 5.02 Å². The van der Waals surface area contributed by atoms with Gasteiger partial charge in [0.15, 0.2) is 11.6 Å². The average Bonchev–Trinajstić information content (AvgIpc) is 3.03. The van der Waals surface area contributed by atoms with Gasteiger partial charge in [-0.1, -0.05) is 11.6 Å². The number of benzene rings is 1. The molecule has 82 valence electrons. The zero-order valence-corrected chi connectivity index (χ0v) is 9.09. The van der Waals surface area contributed by atoms with E-state index in [4.69, 9.17) is 16.3 Å². The Kier molecular flexibility index (Phi) is 2.85. The molecular formula is C11H12ClFO2. The summed E-state index contributed by atoms with van der Waals surface area (Å²) in [5.74, 6) is -0.263. The molecule has 1 unspecified atom stereocenters. The van der Waals surface area contributed by atoms with E-state index >= 15 is 0 Å². The first kappa shape index (κ1) is 10.7. The summed E-state index contributed by atoms with van der Waals surface area (Å²) in [5, 5.41) is 10.2. The van der Waals surface area contributed by atoms with Crippen molar-refractivity contribution in [2.24, 2.45) is 5.92 Å². The van der Waals surface area contributed by atoms with Crippen molar-refractivity contribution < 1.29 is 14.2 Å². The van der Waals surface area contributed by atoms with Gasteiger partial charge in [0, 0.05) is 16.7 Å². The first-order valence-electron chi connectivity index (χ1n) is 4.84. The van der Waals surface area contributed by atoms with Crippen LogP contribution in [0.15, 0.2) is 12.1 Å². The topological polar surface area (TPSA) is 29.5 Å². The number of rotatable bonds is 3. The number of ether oxygens (including phenoxy) is 1. The molecule has 1 aliphatic carbocycles. The summed E-state index contributed by atoms with van der Waals surface area (Å²) in [6.07, 6.45) is 1.11. The zero-order valence-electron chi connectivity index (χ0n) is 8.34. The molecule has 1 fully saturated rings. The van der Waals surface area contributed by atoms with Crippen LogP contribution in [0.25, 0.3) is 0 Å². The molecule has 4 heteroatoms. The van der Waals surface area contributed by atoms with Gasteiger partial charge in [0.2, 0.25) is 0 Å². The molecule has 15 heavy (non-hydrogen) atoms. The van der Waals surface area contributed by atoms with E-state index in [0.717, 1.165) is 12.8 Å². The highest BCUT2D eigenvalue weighted by molar-refractivity contribution is 6.30. The van der Waals surface area contributed by atoms with E-state index in [-0.39, 0.29) is 17.2 Å². The fourth-order valence-electron chi connectivity index (χ4n) is 1.61. The summed E-state index contributed by atoms with van der Waals surface area (Å²) >= 11 is 5.81. The van der Waals surface area contributed by atoms with Crippen molar-refractivity contribution in [2.75, 3.05) is 7.11 Å². The lowest BCUT2D eigenvalue weighted by Gasteiger charge is -2.13. The van der Waals surface area contributed by atoms with Gasteiger partial charge in [-0.25, -0.2) is 4.39 Å². The minimum atomic E-state index is -0.766. The first-order chi connectivity index (χ1) is 7.13. The second-order valence-electron chi connectivity index (χ2n) is 3.79. The summed E-state index contributed by atoms with van der Waals surface area (Å²) in [7, 11) is 1.38. The van der Waals surface area contributed by atoms with Crippen molar-refractivity contribution in [3.8, 4) is 5.75 Å². The maximum absolute atomic E-state index is 13.7. The van der Waals surface area contributed by atoms with Gasteiger partial charge in [0.05, 0.1) is 13.2 Å². The van der Waals surface area contributed by atoms with Crippen molar-refractivity contribution in [3.63, 3.8) is 0 Å². The summed E-state index contributed by atoms with van der Waals surface area (Å²) in [6.45, 7) is 0. The van der Waals surface area contributed by atoms with Crippen LogP contribution in [0.5, 0.6) is 5.75 Å². The predicted octanol–water partition coefficient (Wildman–Crippen LogP) is 2.93. The van der Waals surface area contributed by atoms with Crippen molar-refractivity contribution in [1.29, 1.82) is 0 Å². The van der Waals surface area contributed by atoms with Crippen molar-refractivity contribution in [1.82, 2.24) is 0 Å². The van der Waals surface area contributed by atoms with Crippen molar-refractivity contribution >= 4 is 11.6 Å². The number of aliphatic hydroxyl groups is 1. The Labute approximate surface area is 92.6 Å². The Morgan fingerprint density at radius 3 is 2.73 bits per heavy atom. The Balaban J connectivity index is 2.40. The van der Waals surface area contributed by atoms with Crippen LogP contribution in [0.4, 0.5) is 4.39 Å². The van der Waals surface area contributed by atoms with Crippen molar-refractivity contribution in [2.45, 2.75) is 18.9 Å². The molecule has 2 nitrogen and oxygen atoms in total. The molecule has 0 amide bonds. The zero-order chi connectivity index (χ0) is 11.0. The SMILES string of the molecule is COc1cc(Cl)cc(C(O)C2CC2)c1F. The average molecular weight is 231 g/mol. The smallest absolute Gasteiger partial charge is 0.170 e. The van der Waals surface area contributed by atoms with Crippen LogP contribution in [-0.2, 0) is 0 Å². The second kappa shape index (κ2) is 3.99. The molecule has 1 aliphatic rings. The largest absolute Gasteiger partial charge is 0.494 e. The van der Waals surface area contributed by atoms with E-state index in [1.54, 1.807) is 0 Å². The molecule has 0 spiro atoms. The predicted molar refractivity (Wildman–Crippen MR) is 55.6 cm³/mol. The summed E-state index contributed by atoms with van der Waals surface area (Å²) in [4.78, 5) is 0. The Bertz CT molecular complexity index is 377. The van der Waals surface area contributed by atoms with E-state index in [9.17, 15) is 9.50 Å². The van der Waals surface area contributed by atoms with E-state index < -0.39 is 11.9 Å². The maximum atomic E-state index is 13.7. The summed E-state index contributed by atoms with van der Waals surface area (Å²) < 4.78 is 18.6. The Morgan fingerprint density at radius 1 is 1.53 bits per heavy atom.